The van der Waals surface area contributed by atoms with Crippen LogP contribution in [-0.2, 0) is 9.59 Å². The first-order chi connectivity index (χ1) is 10.4. The lowest BCUT2D eigenvalue weighted by atomic mass is 9.99. The number of aliphatic carboxylic acids is 1. The molecule has 1 saturated heterocycles. The van der Waals surface area contributed by atoms with Crippen LogP contribution in [0.3, 0.4) is 0 Å². The summed E-state index contributed by atoms with van der Waals surface area (Å²) in [5, 5.41) is 20.1. The average Bonchev–Trinajstić information content (AvgIpc) is 2.88. The summed E-state index contributed by atoms with van der Waals surface area (Å²) in [4.78, 5) is 35.0. The number of carbonyl (C=O) groups excluding carboxylic acids is 1. The lowest BCUT2D eigenvalue weighted by Gasteiger charge is -2.31. The van der Waals surface area contributed by atoms with Crippen LogP contribution in [-0.4, -0.2) is 45.5 Å². The van der Waals surface area contributed by atoms with E-state index < -0.39 is 28.9 Å². The van der Waals surface area contributed by atoms with Crippen LogP contribution in [0.1, 0.15) is 19.8 Å². The van der Waals surface area contributed by atoms with Crippen LogP contribution in [0.5, 0.6) is 5.75 Å². The predicted molar refractivity (Wildman–Crippen MR) is 75.6 cm³/mol. The summed E-state index contributed by atoms with van der Waals surface area (Å²) < 4.78 is 5.22. The summed E-state index contributed by atoms with van der Waals surface area (Å²) >= 11 is 0. The minimum Gasteiger partial charge on any atom is -0.480 e. The number of hydrogen-bond donors (Lipinski definition) is 1. The Bertz CT molecular complexity index is 617. The molecule has 0 spiro atoms. The van der Waals surface area contributed by atoms with Crippen molar-refractivity contribution in [3.63, 3.8) is 0 Å². The first kappa shape index (κ1) is 15.7. The van der Waals surface area contributed by atoms with Crippen molar-refractivity contribution in [1.29, 1.82) is 0 Å². The van der Waals surface area contributed by atoms with Crippen molar-refractivity contribution in [2.45, 2.75) is 25.3 Å². The number of carboxylic acid groups (broad SMARTS) is 1. The standard InChI is InChI=1S/C14H16N2O6/c1-14(13(18)19)7-4-8-15(14)12(17)9-22-11-6-3-2-5-10(11)16(20)21/h2-3,5-6H,4,7-9H2,1H3,(H,18,19). The van der Waals surface area contributed by atoms with Crippen molar-refractivity contribution in [3.05, 3.63) is 34.4 Å². The summed E-state index contributed by atoms with van der Waals surface area (Å²) in [5.74, 6) is -1.58. The average molecular weight is 308 g/mol. The van der Waals surface area contributed by atoms with Crippen molar-refractivity contribution in [2.24, 2.45) is 0 Å². The summed E-state index contributed by atoms with van der Waals surface area (Å²) in [7, 11) is 0. The number of nitro benzene ring substituents is 1. The molecule has 0 radical (unpaired) electrons. The Kier molecular flexibility index (Phi) is 4.30. The van der Waals surface area contributed by atoms with Crippen molar-refractivity contribution in [1.82, 2.24) is 4.90 Å². The van der Waals surface area contributed by atoms with Gasteiger partial charge in [0.05, 0.1) is 4.92 Å². The van der Waals surface area contributed by atoms with Crippen molar-refractivity contribution in [2.75, 3.05) is 13.2 Å². The van der Waals surface area contributed by atoms with Crippen LogP contribution in [0, 0.1) is 10.1 Å². The van der Waals surface area contributed by atoms with Gasteiger partial charge in [-0.15, -0.1) is 0 Å². The highest BCUT2D eigenvalue weighted by Gasteiger charge is 2.45. The predicted octanol–water partition coefficient (Wildman–Crippen LogP) is 1.44. The number of nitrogens with zero attached hydrogens (tertiary/aromatic N) is 2. The van der Waals surface area contributed by atoms with Gasteiger partial charge in [-0.2, -0.15) is 0 Å². The molecule has 2 rings (SSSR count). The van der Waals surface area contributed by atoms with E-state index in [2.05, 4.69) is 0 Å². The SMILES string of the molecule is CC1(C(=O)O)CCCN1C(=O)COc1ccccc1[N+](=O)[O-]. The first-order valence-corrected chi connectivity index (χ1v) is 6.76. The maximum Gasteiger partial charge on any atom is 0.329 e. The normalized spacial score (nSPS) is 20.7. The number of nitro groups is 1. The number of benzene rings is 1. The molecule has 1 atom stereocenters. The zero-order chi connectivity index (χ0) is 16.3. The number of carbonyl (C=O) groups is 2. The fraction of sp³-hybridized carbons (Fsp3) is 0.429. The van der Waals surface area contributed by atoms with E-state index in [1.54, 1.807) is 6.07 Å². The molecule has 8 nitrogen and oxygen atoms in total. The molecular weight excluding hydrogens is 292 g/mol. The van der Waals surface area contributed by atoms with Crippen LogP contribution in [0.4, 0.5) is 5.69 Å². The molecule has 1 unspecified atom stereocenters. The van der Waals surface area contributed by atoms with E-state index in [0.29, 0.717) is 19.4 Å². The topological polar surface area (TPSA) is 110 Å². The number of hydrogen-bond acceptors (Lipinski definition) is 5. The zero-order valence-electron chi connectivity index (χ0n) is 12.0. The molecule has 0 aliphatic carbocycles. The van der Waals surface area contributed by atoms with Crippen molar-refractivity contribution < 1.29 is 24.4 Å². The summed E-state index contributed by atoms with van der Waals surface area (Å²) in [6.07, 6.45) is 0.972. The third-order valence-electron chi connectivity index (χ3n) is 3.82. The second-order valence-corrected chi connectivity index (χ2v) is 5.24. The Labute approximate surface area is 126 Å². The molecule has 0 saturated carbocycles. The van der Waals surface area contributed by atoms with Crippen LogP contribution in [0.2, 0.25) is 0 Å². The van der Waals surface area contributed by atoms with Gasteiger partial charge >= 0.3 is 11.7 Å². The number of likely N-dealkylation sites (tertiary alicyclic amines) is 1. The summed E-state index contributed by atoms with van der Waals surface area (Å²) in [6.45, 7) is 1.39. The third-order valence-corrected chi connectivity index (χ3v) is 3.82. The number of rotatable bonds is 5. The number of para-hydroxylation sites is 2. The van der Waals surface area contributed by atoms with Gasteiger partial charge in [0.2, 0.25) is 0 Å². The van der Waals surface area contributed by atoms with E-state index in [-0.39, 0.29) is 11.4 Å². The molecule has 1 fully saturated rings. The highest BCUT2D eigenvalue weighted by Crippen LogP contribution is 2.30. The van der Waals surface area contributed by atoms with E-state index in [9.17, 15) is 24.8 Å². The van der Waals surface area contributed by atoms with E-state index in [4.69, 9.17) is 4.74 Å². The van der Waals surface area contributed by atoms with Gasteiger partial charge in [0.15, 0.2) is 12.4 Å². The van der Waals surface area contributed by atoms with Crippen molar-refractivity contribution >= 4 is 17.6 Å². The molecule has 1 N–H and O–H groups in total. The highest BCUT2D eigenvalue weighted by molar-refractivity contribution is 5.88. The largest absolute Gasteiger partial charge is 0.480 e. The van der Waals surface area contributed by atoms with E-state index >= 15 is 0 Å². The number of ether oxygens (including phenoxy) is 1. The number of amides is 1. The maximum absolute atomic E-state index is 12.2. The Morgan fingerprint density at radius 1 is 1.45 bits per heavy atom. The zero-order valence-corrected chi connectivity index (χ0v) is 12.0. The maximum atomic E-state index is 12.2. The smallest absolute Gasteiger partial charge is 0.329 e. The van der Waals surface area contributed by atoms with Crippen LogP contribution in [0.25, 0.3) is 0 Å². The number of carboxylic acids is 1. The van der Waals surface area contributed by atoms with E-state index in [1.165, 1.54) is 30.0 Å². The van der Waals surface area contributed by atoms with Gasteiger partial charge in [-0.05, 0) is 25.8 Å². The monoisotopic (exact) mass is 308 g/mol. The molecule has 1 amide bonds. The molecule has 118 valence electrons. The first-order valence-electron chi connectivity index (χ1n) is 6.76. The Morgan fingerprint density at radius 2 is 2.14 bits per heavy atom. The highest BCUT2D eigenvalue weighted by atomic mass is 16.6. The van der Waals surface area contributed by atoms with Crippen LogP contribution < -0.4 is 4.74 Å². The second-order valence-electron chi connectivity index (χ2n) is 5.24. The van der Waals surface area contributed by atoms with Gasteiger partial charge in [-0.3, -0.25) is 14.9 Å². The van der Waals surface area contributed by atoms with Crippen LogP contribution in [0.15, 0.2) is 24.3 Å². The van der Waals surface area contributed by atoms with Gasteiger partial charge < -0.3 is 14.7 Å². The minimum absolute atomic E-state index is 0.0166. The Balaban J connectivity index is 2.08. The quantitative estimate of drug-likeness (QED) is 0.651. The molecule has 1 aromatic carbocycles. The van der Waals surface area contributed by atoms with Gasteiger partial charge in [0, 0.05) is 12.6 Å². The Hall–Kier alpha value is -2.64. The van der Waals surface area contributed by atoms with Gasteiger partial charge in [-0.1, -0.05) is 12.1 Å². The van der Waals surface area contributed by atoms with Gasteiger partial charge in [0.25, 0.3) is 5.91 Å². The fourth-order valence-electron chi connectivity index (χ4n) is 2.53. The molecular formula is C14H16N2O6. The van der Waals surface area contributed by atoms with Crippen LogP contribution >= 0.6 is 0 Å². The summed E-state index contributed by atoms with van der Waals surface area (Å²) in [5.41, 5.74) is -1.49. The molecule has 1 aliphatic rings. The molecule has 22 heavy (non-hydrogen) atoms. The van der Waals surface area contributed by atoms with Gasteiger partial charge in [0.1, 0.15) is 5.54 Å². The fourth-order valence-corrected chi connectivity index (χ4v) is 2.53. The van der Waals surface area contributed by atoms with E-state index in [0.717, 1.165) is 0 Å². The lowest BCUT2D eigenvalue weighted by Crippen LogP contribution is -2.52. The molecule has 1 heterocycles. The molecule has 0 bridgehead atoms. The minimum atomic E-state index is -1.25. The molecule has 0 aromatic heterocycles. The Morgan fingerprint density at radius 3 is 2.77 bits per heavy atom. The summed E-state index contributed by atoms with van der Waals surface area (Å²) in [6, 6.07) is 5.72. The molecule has 1 aliphatic heterocycles. The van der Waals surface area contributed by atoms with Gasteiger partial charge in [-0.25, -0.2) is 4.79 Å². The molecule has 8 heteroatoms. The van der Waals surface area contributed by atoms with E-state index in [1.807, 2.05) is 0 Å². The lowest BCUT2D eigenvalue weighted by molar-refractivity contribution is -0.385. The third kappa shape index (κ3) is 2.85. The van der Waals surface area contributed by atoms with Crippen molar-refractivity contribution in [3.8, 4) is 5.75 Å². The second kappa shape index (κ2) is 6.00. The molecule has 1 aromatic rings.